The van der Waals surface area contributed by atoms with Gasteiger partial charge in [-0.25, -0.2) is 4.98 Å². The standard InChI is InChI=1S/C7H11N3O2/c1-10(4-5-11)7-8-3-2-6(12)9-7/h2-3,11H,4-5H2,1H3,(H,8,9,12). The van der Waals surface area contributed by atoms with Crippen LogP contribution in [0.15, 0.2) is 17.1 Å². The van der Waals surface area contributed by atoms with Crippen molar-refractivity contribution in [1.82, 2.24) is 9.97 Å². The second kappa shape index (κ2) is 3.87. The van der Waals surface area contributed by atoms with E-state index >= 15 is 0 Å². The molecule has 0 aliphatic rings. The van der Waals surface area contributed by atoms with Crippen molar-refractivity contribution in [2.24, 2.45) is 0 Å². The highest BCUT2D eigenvalue weighted by atomic mass is 16.3. The van der Waals surface area contributed by atoms with Crippen LogP contribution < -0.4 is 10.5 Å². The van der Waals surface area contributed by atoms with Crippen LogP contribution in [0, 0.1) is 0 Å². The Morgan fingerprint density at radius 2 is 2.50 bits per heavy atom. The fourth-order valence-electron chi connectivity index (χ4n) is 0.810. The Kier molecular flexibility index (Phi) is 2.82. The van der Waals surface area contributed by atoms with E-state index in [0.717, 1.165) is 0 Å². The second-order valence-electron chi connectivity index (χ2n) is 2.40. The summed E-state index contributed by atoms with van der Waals surface area (Å²) >= 11 is 0. The summed E-state index contributed by atoms with van der Waals surface area (Å²) in [4.78, 5) is 18.9. The zero-order valence-corrected chi connectivity index (χ0v) is 6.82. The summed E-state index contributed by atoms with van der Waals surface area (Å²) in [5.74, 6) is 0.469. The lowest BCUT2D eigenvalue weighted by Gasteiger charge is -2.14. The quantitative estimate of drug-likeness (QED) is 0.621. The van der Waals surface area contributed by atoms with Gasteiger partial charge in [-0.3, -0.25) is 9.78 Å². The number of rotatable bonds is 3. The van der Waals surface area contributed by atoms with Crippen LogP contribution in [-0.2, 0) is 0 Å². The minimum absolute atomic E-state index is 0.0368. The molecule has 1 aromatic heterocycles. The molecule has 0 aromatic carbocycles. The topological polar surface area (TPSA) is 69.2 Å². The molecule has 1 heterocycles. The van der Waals surface area contributed by atoms with Crippen molar-refractivity contribution in [2.45, 2.75) is 0 Å². The fourth-order valence-corrected chi connectivity index (χ4v) is 0.810. The summed E-state index contributed by atoms with van der Waals surface area (Å²) in [6.45, 7) is 0.488. The molecule has 66 valence electrons. The van der Waals surface area contributed by atoms with Crippen LogP contribution in [0.5, 0.6) is 0 Å². The Labute approximate surface area is 69.7 Å². The Balaban J connectivity index is 2.80. The molecule has 1 aromatic rings. The summed E-state index contributed by atoms with van der Waals surface area (Å²) in [5, 5.41) is 8.61. The van der Waals surface area contributed by atoms with E-state index in [0.29, 0.717) is 12.5 Å². The van der Waals surface area contributed by atoms with Crippen LogP contribution in [0.2, 0.25) is 0 Å². The number of likely N-dealkylation sites (N-methyl/N-ethyl adjacent to an activating group) is 1. The van der Waals surface area contributed by atoms with Gasteiger partial charge in [-0.1, -0.05) is 0 Å². The van der Waals surface area contributed by atoms with Gasteiger partial charge >= 0.3 is 0 Å². The van der Waals surface area contributed by atoms with Gasteiger partial charge in [0.2, 0.25) is 5.95 Å². The Morgan fingerprint density at radius 3 is 3.08 bits per heavy atom. The molecule has 0 saturated heterocycles. The predicted octanol–water partition coefficient (Wildman–Crippen LogP) is -0.802. The Bertz CT molecular complexity index is 297. The molecule has 5 nitrogen and oxygen atoms in total. The molecule has 0 aliphatic heterocycles. The van der Waals surface area contributed by atoms with E-state index in [2.05, 4.69) is 9.97 Å². The first-order valence-electron chi connectivity index (χ1n) is 3.61. The highest BCUT2D eigenvalue weighted by molar-refractivity contribution is 5.25. The molecule has 12 heavy (non-hydrogen) atoms. The minimum Gasteiger partial charge on any atom is -0.395 e. The van der Waals surface area contributed by atoms with Crippen molar-refractivity contribution in [3.05, 3.63) is 22.6 Å². The van der Waals surface area contributed by atoms with Gasteiger partial charge in [-0.2, -0.15) is 0 Å². The van der Waals surface area contributed by atoms with Crippen molar-refractivity contribution in [1.29, 1.82) is 0 Å². The number of hydrogen-bond acceptors (Lipinski definition) is 4. The third-order valence-electron chi connectivity index (χ3n) is 1.45. The van der Waals surface area contributed by atoms with E-state index in [1.165, 1.54) is 12.3 Å². The van der Waals surface area contributed by atoms with Crippen LogP contribution in [0.3, 0.4) is 0 Å². The average molecular weight is 169 g/mol. The molecule has 0 spiro atoms. The van der Waals surface area contributed by atoms with Gasteiger partial charge < -0.3 is 10.0 Å². The average Bonchev–Trinajstić information content (AvgIpc) is 2.05. The summed E-state index contributed by atoms with van der Waals surface area (Å²) in [5.41, 5.74) is -0.190. The lowest BCUT2D eigenvalue weighted by atomic mass is 10.6. The van der Waals surface area contributed by atoms with Gasteiger partial charge in [0.25, 0.3) is 5.56 Å². The van der Waals surface area contributed by atoms with Crippen molar-refractivity contribution in [2.75, 3.05) is 25.1 Å². The van der Waals surface area contributed by atoms with Crippen LogP contribution in [-0.4, -0.2) is 35.3 Å². The molecule has 0 radical (unpaired) electrons. The molecule has 2 N–H and O–H groups in total. The number of aromatic nitrogens is 2. The number of aliphatic hydroxyl groups is 1. The highest BCUT2D eigenvalue weighted by Crippen LogP contribution is 1.97. The molecule has 0 amide bonds. The largest absolute Gasteiger partial charge is 0.395 e. The van der Waals surface area contributed by atoms with E-state index < -0.39 is 0 Å². The first-order valence-corrected chi connectivity index (χ1v) is 3.61. The minimum atomic E-state index is -0.190. The van der Waals surface area contributed by atoms with E-state index in [4.69, 9.17) is 5.11 Å². The monoisotopic (exact) mass is 169 g/mol. The van der Waals surface area contributed by atoms with Crippen LogP contribution in [0.25, 0.3) is 0 Å². The number of anilines is 1. The number of aliphatic hydroxyl groups excluding tert-OH is 1. The predicted molar refractivity (Wildman–Crippen MR) is 45.2 cm³/mol. The molecule has 0 atom stereocenters. The maximum Gasteiger partial charge on any atom is 0.252 e. The van der Waals surface area contributed by atoms with Gasteiger partial charge in [-0.15, -0.1) is 0 Å². The number of aromatic amines is 1. The number of H-pyrrole nitrogens is 1. The van der Waals surface area contributed by atoms with Gasteiger partial charge in [0.1, 0.15) is 0 Å². The summed E-state index contributed by atoms with van der Waals surface area (Å²) < 4.78 is 0. The van der Waals surface area contributed by atoms with Gasteiger partial charge in [0, 0.05) is 25.9 Å². The smallest absolute Gasteiger partial charge is 0.252 e. The van der Waals surface area contributed by atoms with E-state index in [9.17, 15) is 4.79 Å². The SMILES string of the molecule is CN(CCO)c1nccc(=O)[nH]1. The number of nitrogens with one attached hydrogen (secondary N) is 1. The van der Waals surface area contributed by atoms with E-state index in [-0.39, 0.29) is 12.2 Å². The highest BCUT2D eigenvalue weighted by Gasteiger charge is 2.00. The molecular weight excluding hydrogens is 158 g/mol. The van der Waals surface area contributed by atoms with Crippen molar-refractivity contribution >= 4 is 5.95 Å². The van der Waals surface area contributed by atoms with Crippen LogP contribution >= 0.6 is 0 Å². The molecule has 0 aliphatic carbocycles. The van der Waals surface area contributed by atoms with Gasteiger partial charge in [-0.05, 0) is 0 Å². The maximum atomic E-state index is 10.8. The number of hydrogen-bond donors (Lipinski definition) is 2. The van der Waals surface area contributed by atoms with E-state index in [1.54, 1.807) is 11.9 Å². The normalized spacial score (nSPS) is 9.83. The molecule has 0 unspecified atom stereocenters. The fraction of sp³-hybridized carbons (Fsp3) is 0.429. The van der Waals surface area contributed by atoms with Crippen molar-refractivity contribution in [3.63, 3.8) is 0 Å². The molecule has 0 saturated carbocycles. The first kappa shape index (κ1) is 8.73. The Hall–Kier alpha value is -1.36. The van der Waals surface area contributed by atoms with Gasteiger partial charge in [0.05, 0.1) is 6.61 Å². The Morgan fingerprint density at radius 1 is 1.75 bits per heavy atom. The zero-order valence-electron chi connectivity index (χ0n) is 6.82. The molecular formula is C7H11N3O2. The summed E-state index contributed by atoms with van der Waals surface area (Å²) in [6, 6.07) is 1.34. The number of nitrogens with zero attached hydrogens (tertiary/aromatic N) is 2. The summed E-state index contributed by atoms with van der Waals surface area (Å²) in [6.07, 6.45) is 1.43. The molecule has 5 heteroatoms. The third-order valence-corrected chi connectivity index (χ3v) is 1.45. The maximum absolute atomic E-state index is 10.8. The van der Waals surface area contributed by atoms with Crippen LogP contribution in [0.1, 0.15) is 0 Å². The first-order chi connectivity index (χ1) is 5.74. The lowest BCUT2D eigenvalue weighted by Crippen LogP contribution is -2.25. The van der Waals surface area contributed by atoms with Gasteiger partial charge in [0.15, 0.2) is 0 Å². The lowest BCUT2D eigenvalue weighted by molar-refractivity contribution is 0.303. The zero-order chi connectivity index (χ0) is 8.97. The second-order valence-corrected chi connectivity index (χ2v) is 2.40. The summed E-state index contributed by atoms with van der Waals surface area (Å²) in [7, 11) is 1.74. The van der Waals surface area contributed by atoms with Crippen molar-refractivity contribution < 1.29 is 5.11 Å². The molecule has 1 rings (SSSR count). The van der Waals surface area contributed by atoms with Crippen molar-refractivity contribution in [3.8, 4) is 0 Å². The third kappa shape index (κ3) is 2.06. The van der Waals surface area contributed by atoms with E-state index in [1.807, 2.05) is 0 Å². The molecule has 0 bridgehead atoms. The molecule has 0 fully saturated rings. The van der Waals surface area contributed by atoms with Crippen LogP contribution in [0.4, 0.5) is 5.95 Å².